The molecule has 0 aliphatic carbocycles. The van der Waals surface area contributed by atoms with Crippen molar-refractivity contribution >= 4 is 40.1 Å². The van der Waals surface area contributed by atoms with Crippen LogP contribution in [-0.4, -0.2) is 44.6 Å². The zero-order valence-electron chi connectivity index (χ0n) is 17.5. The molecule has 31 heavy (non-hydrogen) atoms. The first kappa shape index (κ1) is 21.2. The molecule has 1 aliphatic rings. The molecule has 2 aromatic heterocycles. The molecule has 1 saturated heterocycles. The van der Waals surface area contributed by atoms with Gasteiger partial charge in [-0.05, 0) is 45.4 Å². The van der Waals surface area contributed by atoms with Gasteiger partial charge in [0.25, 0.3) is 0 Å². The number of halogens is 2. The van der Waals surface area contributed by atoms with Crippen molar-refractivity contribution in [2.24, 2.45) is 0 Å². The molecule has 3 heterocycles. The highest BCUT2D eigenvalue weighted by Gasteiger charge is 2.31. The minimum atomic E-state index is -0.547. The highest BCUT2D eigenvalue weighted by molar-refractivity contribution is 6.31. The van der Waals surface area contributed by atoms with Crippen molar-refractivity contribution in [3.8, 4) is 0 Å². The average molecular weight is 444 g/mol. The lowest BCUT2D eigenvalue weighted by atomic mass is 10.0. The normalized spacial score (nSPS) is 16.5. The number of fused-ring (bicyclic) bond motifs is 1. The third-order valence-electron chi connectivity index (χ3n) is 5.01. The van der Waals surface area contributed by atoms with E-state index in [4.69, 9.17) is 16.3 Å². The molecule has 3 aromatic rings. The van der Waals surface area contributed by atoms with Gasteiger partial charge in [0.2, 0.25) is 0 Å². The zero-order chi connectivity index (χ0) is 22.2. The van der Waals surface area contributed by atoms with E-state index in [9.17, 15) is 9.18 Å². The molecule has 1 unspecified atom stereocenters. The molecular formula is C22H23ClFN5O2. The van der Waals surface area contributed by atoms with Crippen molar-refractivity contribution in [3.63, 3.8) is 0 Å². The fourth-order valence-corrected chi connectivity index (χ4v) is 3.69. The number of amides is 1. The molecule has 1 N–H and O–H groups in total. The average Bonchev–Trinajstić information content (AvgIpc) is 3.21. The van der Waals surface area contributed by atoms with Gasteiger partial charge in [-0.15, -0.1) is 0 Å². The number of ether oxygens (including phenoxy) is 1. The molecule has 162 valence electrons. The standard InChI is InChI=1S/C22H23ClFN5O2/c1-22(2,3)31-21(30)29-8-7-13(11-29)17-9-14-18(10-25-17)26-12-27-20(14)28-16-6-4-5-15(23)19(16)24/h4-6,9-10,12-13H,7-8,11H2,1-3H3,(H,26,27,28). The van der Waals surface area contributed by atoms with Gasteiger partial charge in [-0.3, -0.25) is 4.98 Å². The van der Waals surface area contributed by atoms with Gasteiger partial charge in [-0.25, -0.2) is 19.2 Å². The highest BCUT2D eigenvalue weighted by atomic mass is 35.5. The number of aromatic nitrogens is 3. The fourth-order valence-electron chi connectivity index (χ4n) is 3.52. The van der Waals surface area contributed by atoms with Crippen LogP contribution in [0.1, 0.15) is 38.8 Å². The molecule has 1 amide bonds. The van der Waals surface area contributed by atoms with Crippen LogP contribution in [0.4, 0.5) is 20.7 Å². The Morgan fingerprint density at radius 3 is 2.87 bits per heavy atom. The predicted octanol–water partition coefficient (Wildman–Crippen LogP) is 5.29. The summed E-state index contributed by atoms with van der Waals surface area (Å²) in [5, 5.41) is 3.74. The van der Waals surface area contributed by atoms with E-state index in [-0.39, 0.29) is 22.7 Å². The van der Waals surface area contributed by atoms with Gasteiger partial charge < -0.3 is 15.0 Å². The van der Waals surface area contributed by atoms with E-state index in [1.54, 1.807) is 23.2 Å². The molecule has 1 fully saturated rings. The van der Waals surface area contributed by atoms with Crippen LogP contribution in [0.3, 0.4) is 0 Å². The predicted molar refractivity (Wildman–Crippen MR) is 117 cm³/mol. The lowest BCUT2D eigenvalue weighted by Crippen LogP contribution is -2.35. The van der Waals surface area contributed by atoms with Crippen molar-refractivity contribution in [3.05, 3.63) is 53.3 Å². The summed E-state index contributed by atoms with van der Waals surface area (Å²) in [6, 6.07) is 6.63. The lowest BCUT2D eigenvalue weighted by Gasteiger charge is -2.24. The van der Waals surface area contributed by atoms with Gasteiger partial charge in [0.1, 0.15) is 17.7 Å². The van der Waals surface area contributed by atoms with Gasteiger partial charge in [0.05, 0.1) is 22.4 Å². The van der Waals surface area contributed by atoms with E-state index in [1.807, 2.05) is 26.8 Å². The number of hydrogen-bond donors (Lipinski definition) is 1. The van der Waals surface area contributed by atoms with Crippen LogP contribution in [0.15, 0.2) is 36.8 Å². The lowest BCUT2D eigenvalue weighted by molar-refractivity contribution is 0.0292. The van der Waals surface area contributed by atoms with Crippen molar-refractivity contribution in [2.75, 3.05) is 18.4 Å². The van der Waals surface area contributed by atoms with Crippen LogP contribution in [-0.2, 0) is 4.74 Å². The van der Waals surface area contributed by atoms with Gasteiger partial charge in [0.15, 0.2) is 5.82 Å². The van der Waals surface area contributed by atoms with E-state index >= 15 is 0 Å². The molecule has 7 nitrogen and oxygen atoms in total. The summed E-state index contributed by atoms with van der Waals surface area (Å²) in [6.07, 6.45) is 3.52. The quantitative estimate of drug-likeness (QED) is 0.592. The SMILES string of the molecule is CC(C)(C)OC(=O)N1CCC(c2cc3c(Nc4cccc(Cl)c4F)ncnc3cn2)C1. The van der Waals surface area contributed by atoms with Crippen molar-refractivity contribution in [2.45, 2.75) is 38.7 Å². The third-order valence-corrected chi connectivity index (χ3v) is 5.30. The van der Waals surface area contributed by atoms with Crippen molar-refractivity contribution < 1.29 is 13.9 Å². The first-order valence-corrected chi connectivity index (χ1v) is 10.4. The maximum Gasteiger partial charge on any atom is 0.410 e. The Morgan fingerprint density at radius 2 is 2.10 bits per heavy atom. The second-order valence-electron chi connectivity index (χ2n) is 8.49. The molecular weight excluding hydrogens is 421 g/mol. The summed E-state index contributed by atoms with van der Waals surface area (Å²) in [5.74, 6) is -0.0290. The first-order valence-electron chi connectivity index (χ1n) is 10.0. The highest BCUT2D eigenvalue weighted by Crippen LogP contribution is 2.32. The van der Waals surface area contributed by atoms with Gasteiger partial charge in [-0.1, -0.05) is 17.7 Å². The number of anilines is 2. The summed E-state index contributed by atoms with van der Waals surface area (Å²) < 4.78 is 19.8. The number of pyridine rings is 1. The maximum absolute atomic E-state index is 14.3. The van der Waals surface area contributed by atoms with Gasteiger partial charge in [0, 0.05) is 30.1 Å². The Hall–Kier alpha value is -3.00. The van der Waals surface area contributed by atoms with Crippen LogP contribution in [0.2, 0.25) is 5.02 Å². The topological polar surface area (TPSA) is 80.2 Å². The monoisotopic (exact) mass is 443 g/mol. The number of benzene rings is 1. The van der Waals surface area contributed by atoms with E-state index in [0.29, 0.717) is 29.8 Å². The Morgan fingerprint density at radius 1 is 1.29 bits per heavy atom. The number of nitrogens with zero attached hydrogens (tertiary/aromatic N) is 4. The van der Waals surface area contributed by atoms with Crippen molar-refractivity contribution in [1.29, 1.82) is 0 Å². The Balaban J connectivity index is 1.59. The molecule has 1 aliphatic heterocycles. The molecule has 0 spiro atoms. The minimum absolute atomic E-state index is 0.0268. The molecule has 0 radical (unpaired) electrons. The maximum atomic E-state index is 14.3. The number of rotatable bonds is 3. The number of likely N-dealkylation sites (tertiary alicyclic amines) is 1. The number of carbonyl (C=O) groups excluding carboxylic acids is 1. The Kier molecular flexibility index (Phi) is 5.66. The molecule has 0 saturated carbocycles. The summed E-state index contributed by atoms with van der Waals surface area (Å²) in [4.78, 5) is 27.2. The van der Waals surface area contributed by atoms with Crippen LogP contribution in [0.25, 0.3) is 10.9 Å². The largest absolute Gasteiger partial charge is 0.444 e. The second kappa shape index (κ2) is 8.26. The molecule has 1 atom stereocenters. The molecule has 0 bridgehead atoms. The third kappa shape index (κ3) is 4.69. The van der Waals surface area contributed by atoms with Crippen molar-refractivity contribution in [1.82, 2.24) is 19.9 Å². The van der Waals surface area contributed by atoms with Crippen LogP contribution < -0.4 is 5.32 Å². The second-order valence-corrected chi connectivity index (χ2v) is 8.89. The van der Waals surface area contributed by atoms with E-state index in [0.717, 1.165) is 12.1 Å². The molecule has 4 rings (SSSR count). The van der Waals surface area contributed by atoms with E-state index in [1.165, 1.54) is 12.4 Å². The number of nitrogens with one attached hydrogen (secondary N) is 1. The van der Waals surface area contributed by atoms with Crippen LogP contribution in [0, 0.1) is 5.82 Å². The van der Waals surface area contributed by atoms with E-state index in [2.05, 4.69) is 20.3 Å². The minimum Gasteiger partial charge on any atom is -0.444 e. The summed E-state index contributed by atoms with van der Waals surface area (Å²) in [5.41, 5.74) is 1.14. The van der Waals surface area contributed by atoms with Crippen LogP contribution in [0.5, 0.6) is 0 Å². The molecule has 9 heteroatoms. The smallest absolute Gasteiger partial charge is 0.410 e. The number of hydrogen-bond acceptors (Lipinski definition) is 6. The zero-order valence-corrected chi connectivity index (χ0v) is 18.3. The molecule has 1 aromatic carbocycles. The number of carbonyl (C=O) groups is 1. The summed E-state index contributed by atoms with van der Waals surface area (Å²) in [7, 11) is 0. The van der Waals surface area contributed by atoms with Gasteiger partial charge in [-0.2, -0.15) is 0 Å². The van der Waals surface area contributed by atoms with Crippen LogP contribution >= 0.6 is 11.6 Å². The summed E-state index contributed by atoms with van der Waals surface area (Å²) >= 11 is 5.89. The fraction of sp³-hybridized carbons (Fsp3) is 0.364. The Labute approximate surface area is 184 Å². The van der Waals surface area contributed by atoms with Gasteiger partial charge >= 0.3 is 6.09 Å². The Bertz CT molecular complexity index is 1130. The first-order chi connectivity index (χ1) is 14.7. The summed E-state index contributed by atoms with van der Waals surface area (Å²) in [6.45, 7) is 6.66. The van der Waals surface area contributed by atoms with E-state index < -0.39 is 11.4 Å².